The summed E-state index contributed by atoms with van der Waals surface area (Å²) in [4.78, 5) is 0. The zero-order valence-corrected chi connectivity index (χ0v) is 9.82. The second-order valence-electron chi connectivity index (χ2n) is 3.52. The van der Waals surface area contributed by atoms with Crippen LogP contribution in [-0.4, -0.2) is 6.54 Å². The summed E-state index contributed by atoms with van der Waals surface area (Å²) in [6.45, 7) is 5.85. The maximum atomic E-state index is 13.5. The largest absolute Gasteiger partial charge is 0.305 e. The predicted molar refractivity (Wildman–Crippen MR) is 62.4 cm³/mol. The molecule has 88 valence electrons. The van der Waals surface area contributed by atoms with Gasteiger partial charge >= 0.3 is 0 Å². The van der Waals surface area contributed by atoms with E-state index < -0.39 is 11.6 Å². The van der Waals surface area contributed by atoms with Gasteiger partial charge in [0.2, 0.25) is 0 Å². The third-order valence-electron chi connectivity index (χ3n) is 2.29. The Morgan fingerprint density at radius 1 is 1.50 bits per heavy atom. The zero-order valence-electron chi connectivity index (χ0n) is 9.06. The lowest BCUT2D eigenvalue weighted by atomic mass is 10.0. The molecule has 0 radical (unpaired) electrons. The van der Waals surface area contributed by atoms with Crippen LogP contribution in [0.3, 0.4) is 0 Å². The van der Waals surface area contributed by atoms with Crippen molar-refractivity contribution in [2.75, 3.05) is 6.54 Å². The molecule has 1 unspecified atom stereocenters. The van der Waals surface area contributed by atoms with Crippen LogP contribution in [0.5, 0.6) is 0 Å². The molecule has 0 heterocycles. The normalized spacial score (nSPS) is 12.5. The molecule has 1 atom stereocenters. The van der Waals surface area contributed by atoms with Gasteiger partial charge in [-0.3, -0.25) is 0 Å². The highest BCUT2D eigenvalue weighted by molar-refractivity contribution is 6.29. The van der Waals surface area contributed by atoms with Gasteiger partial charge in [0.05, 0.1) is 0 Å². The van der Waals surface area contributed by atoms with E-state index in [2.05, 4.69) is 11.9 Å². The summed E-state index contributed by atoms with van der Waals surface area (Å²) in [5, 5.41) is 3.51. The van der Waals surface area contributed by atoms with E-state index in [1.165, 1.54) is 12.1 Å². The van der Waals surface area contributed by atoms with E-state index in [-0.39, 0.29) is 6.04 Å². The second kappa shape index (κ2) is 5.97. The van der Waals surface area contributed by atoms with Crippen LogP contribution in [0.4, 0.5) is 8.78 Å². The van der Waals surface area contributed by atoms with Crippen LogP contribution in [0.2, 0.25) is 0 Å². The summed E-state index contributed by atoms with van der Waals surface area (Å²) in [6.07, 6.45) is 0.687. The van der Waals surface area contributed by atoms with Crippen LogP contribution >= 0.6 is 11.6 Å². The number of benzene rings is 1. The van der Waals surface area contributed by atoms with Crippen LogP contribution in [0.1, 0.15) is 24.9 Å². The van der Waals surface area contributed by atoms with E-state index >= 15 is 0 Å². The molecule has 0 bridgehead atoms. The van der Waals surface area contributed by atoms with E-state index in [0.717, 1.165) is 6.07 Å². The summed E-state index contributed by atoms with van der Waals surface area (Å²) >= 11 is 5.62. The fourth-order valence-electron chi connectivity index (χ4n) is 1.49. The first-order valence-corrected chi connectivity index (χ1v) is 5.44. The van der Waals surface area contributed by atoms with Crippen molar-refractivity contribution in [1.29, 1.82) is 0 Å². The van der Waals surface area contributed by atoms with Crippen molar-refractivity contribution < 1.29 is 8.78 Å². The molecule has 0 saturated carbocycles. The summed E-state index contributed by atoms with van der Waals surface area (Å²) in [6, 6.07) is 3.40. The maximum absolute atomic E-state index is 13.5. The topological polar surface area (TPSA) is 12.0 Å². The van der Waals surface area contributed by atoms with Gasteiger partial charge < -0.3 is 5.32 Å². The number of hydrogen-bond donors (Lipinski definition) is 1. The lowest BCUT2D eigenvalue weighted by Gasteiger charge is -2.17. The molecule has 16 heavy (non-hydrogen) atoms. The Morgan fingerprint density at radius 3 is 2.69 bits per heavy atom. The van der Waals surface area contributed by atoms with Gasteiger partial charge in [0.25, 0.3) is 0 Å². The van der Waals surface area contributed by atoms with Gasteiger partial charge in [-0.25, -0.2) is 8.78 Å². The maximum Gasteiger partial charge on any atom is 0.130 e. The third kappa shape index (κ3) is 3.58. The van der Waals surface area contributed by atoms with Gasteiger partial charge in [-0.2, -0.15) is 0 Å². The highest BCUT2D eigenvalue weighted by Crippen LogP contribution is 2.21. The molecule has 0 fully saturated rings. The quantitative estimate of drug-likeness (QED) is 0.833. The monoisotopic (exact) mass is 245 g/mol. The molecule has 0 amide bonds. The van der Waals surface area contributed by atoms with E-state index in [1.807, 2.05) is 6.92 Å². The summed E-state index contributed by atoms with van der Waals surface area (Å²) < 4.78 is 26.2. The summed E-state index contributed by atoms with van der Waals surface area (Å²) in [5.74, 6) is -1.11. The standard InChI is InChI=1S/C12H14ClF2N/c1-3-12(16-7-8(2)13)10-5-4-9(14)6-11(10)15/h4-6,12,16H,2-3,7H2,1H3. The van der Waals surface area contributed by atoms with Crippen LogP contribution in [0.25, 0.3) is 0 Å². The average Bonchev–Trinajstić information content (AvgIpc) is 2.21. The second-order valence-corrected chi connectivity index (χ2v) is 4.06. The lowest BCUT2D eigenvalue weighted by molar-refractivity contribution is 0.501. The first-order chi connectivity index (χ1) is 7.54. The first kappa shape index (κ1) is 13.1. The van der Waals surface area contributed by atoms with Crippen molar-refractivity contribution in [1.82, 2.24) is 5.32 Å². The number of halogens is 3. The molecule has 1 N–H and O–H groups in total. The number of rotatable bonds is 5. The predicted octanol–water partition coefficient (Wildman–Crippen LogP) is 3.76. The fraction of sp³-hybridized carbons (Fsp3) is 0.333. The van der Waals surface area contributed by atoms with Crippen molar-refractivity contribution in [2.24, 2.45) is 0 Å². The van der Waals surface area contributed by atoms with Crippen LogP contribution in [0, 0.1) is 11.6 Å². The third-order valence-corrected chi connectivity index (χ3v) is 2.42. The Morgan fingerprint density at radius 2 is 2.19 bits per heavy atom. The van der Waals surface area contributed by atoms with Crippen LogP contribution < -0.4 is 5.32 Å². The van der Waals surface area contributed by atoms with Crippen LogP contribution in [0.15, 0.2) is 29.8 Å². The van der Waals surface area contributed by atoms with Gasteiger partial charge in [-0.15, -0.1) is 0 Å². The molecule has 0 aromatic heterocycles. The van der Waals surface area contributed by atoms with Crippen molar-refractivity contribution in [3.8, 4) is 0 Å². The van der Waals surface area contributed by atoms with Crippen molar-refractivity contribution in [3.05, 3.63) is 47.0 Å². The molecule has 4 heteroatoms. The molecule has 0 aliphatic heterocycles. The molecular formula is C12H14ClF2N. The molecule has 1 nitrogen and oxygen atoms in total. The van der Waals surface area contributed by atoms with Crippen LogP contribution in [-0.2, 0) is 0 Å². The minimum Gasteiger partial charge on any atom is -0.305 e. The fourth-order valence-corrected chi connectivity index (χ4v) is 1.57. The van der Waals surface area contributed by atoms with Gasteiger partial charge in [0, 0.05) is 29.2 Å². The molecule has 1 rings (SSSR count). The van der Waals surface area contributed by atoms with Crippen molar-refractivity contribution in [2.45, 2.75) is 19.4 Å². The van der Waals surface area contributed by atoms with E-state index in [4.69, 9.17) is 11.6 Å². The van der Waals surface area contributed by atoms with Crippen molar-refractivity contribution >= 4 is 11.6 Å². The Labute approximate surface area is 99.1 Å². The Kier molecular flexibility index (Phi) is 4.90. The van der Waals surface area contributed by atoms with Gasteiger partial charge in [-0.05, 0) is 12.5 Å². The Bertz CT molecular complexity index is 379. The minimum atomic E-state index is -0.571. The highest BCUT2D eigenvalue weighted by atomic mass is 35.5. The summed E-state index contributed by atoms with van der Waals surface area (Å²) in [7, 11) is 0. The summed E-state index contributed by atoms with van der Waals surface area (Å²) in [5.41, 5.74) is 0.446. The molecule has 0 saturated heterocycles. The Balaban J connectivity index is 2.82. The molecule has 0 aliphatic carbocycles. The van der Waals surface area contributed by atoms with Gasteiger partial charge in [0.1, 0.15) is 11.6 Å². The molecule has 0 spiro atoms. The molecular weight excluding hydrogens is 232 g/mol. The van der Waals surface area contributed by atoms with E-state index in [1.54, 1.807) is 0 Å². The first-order valence-electron chi connectivity index (χ1n) is 5.06. The number of nitrogens with one attached hydrogen (secondary N) is 1. The highest BCUT2D eigenvalue weighted by Gasteiger charge is 2.13. The van der Waals surface area contributed by atoms with Gasteiger partial charge in [0.15, 0.2) is 0 Å². The lowest BCUT2D eigenvalue weighted by Crippen LogP contribution is -2.22. The SMILES string of the molecule is C=C(Cl)CNC(CC)c1ccc(F)cc1F. The minimum absolute atomic E-state index is 0.184. The molecule has 1 aromatic rings. The van der Waals surface area contributed by atoms with E-state index in [0.29, 0.717) is 23.6 Å². The Hall–Kier alpha value is -0.930. The molecule has 0 aliphatic rings. The van der Waals surface area contributed by atoms with E-state index in [9.17, 15) is 8.78 Å². The number of hydrogen-bond acceptors (Lipinski definition) is 1. The molecule has 1 aromatic carbocycles. The zero-order chi connectivity index (χ0) is 12.1. The van der Waals surface area contributed by atoms with Crippen molar-refractivity contribution in [3.63, 3.8) is 0 Å². The smallest absolute Gasteiger partial charge is 0.130 e. The average molecular weight is 246 g/mol. The van der Waals surface area contributed by atoms with Gasteiger partial charge in [-0.1, -0.05) is 31.2 Å².